The molecule has 3 nitrogen and oxygen atoms in total. The molecule has 3 N–H and O–H groups in total. The fourth-order valence-corrected chi connectivity index (χ4v) is 4.22. The van der Waals surface area contributed by atoms with Crippen LogP contribution in [0.5, 0.6) is 0 Å². The zero-order valence-electron chi connectivity index (χ0n) is 17.0. The number of anilines is 2. The van der Waals surface area contributed by atoms with Crippen LogP contribution in [0.25, 0.3) is 11.1 Å². The molecule has 3 heteroatoms. The Morgan fingerprint density at radius 2 is 1.68 bits per heavy atom. The third-order valence-corrected chi connectivity index (χ3v) is 5.83. The molecule has 3 aromatic carbocycles. The fourth-order valence-electron chi connectivity index (χ4n) is 4.22. The first-order valence-electron chi connectivity index (χ1n) is 9.78. The summed E-state index contributed by atoms with van der Waals surface area (Å²) in [5, 5.41) is 8.79. The van der Waals surface area contributed by atoms with Gasteiger partial charge in [0.05, 0.1) is 17.8 Å². The Labute approximate surface area is 167 Å². The predicted molar refractivity (Wildman–Crippen MR) is 120 cm³/mol. The highest BCUT2D eigenvalue weighted by Crippen LogP contribution is 2.39. The summed E-state index contributed by atoms with van der Waals surface area (Å²) in [6, 6.07) is 21.3. The largest absolute Gasteiger partial charge is 0.398 e. The Bertz CT molecular complexity index is 1070. The average molecular weight is 370 g/mol. The van der Waals surface area contributed by atoms with Crippen LogP contribution in [0.15, 0.2) is 60.7 Å². The topological polar surface area (TPSA) is 52.9 Å². The number of nitrogens with one attached hydrogen (secondary N) is 1. The van der Waals surface area contributed by atoms with Crippen LogP contribution in [-0.4, -0.2) is 17.8 Å². The van der Waals surface area contributed by atoms with E-state index in [1.54, 1.807) is 0 Å². The molecule has 0 radical (unpaired) electrons. The van der Waals surface area contributed by atoms with Crippen molar-refractivity contribution in [2.45, 2.75) is 39.8 Å². The van der Waals surface area contributed by atoms with Crippen LogP contribution >= 0.6 is 0 Å². The van der Waals surface area contributed by atoms with Crippen LogP contribution in [0.1, 0.15) is 29.2 Å². The summed E-state index contributed by atoms with van der Waals surface area (Å²) in [5.74, 6) is 0. The van der Waals surface area contributed by atoms with E-state index in [-0.39, 0.29) is 6.04 Å². The van der Waals surface area contributed by atoms with E-state index >= 15 is 0 Å². The molecule has 4 rings (SSSR count). The van der Waals surface area contributed by atoms with Crippen LogP contribution in [0.3, 0.4) is 0 Å². The Kier molecular flexibility index (Phi) is 4.46. The molecule has 142 valence electrons. The first-order chi connectivity index (χ1) is 13.4. The van der Waals surface area contributed by atoms with E-state index < -0.39 is 0 Å². The molecule has 1 aliphatic heterocycles. The van der Waals surface area contributed by atoms with Gasteiger partial charge in [0, 0.05) is 16.9 Å². The summed E-state index contributed by atoms with van der Waals surface area (Å²) in [4.78, 5) is 2.30. The second-order valence-electron chi connectivity index (χ2n) is 7.91. The number of nitrogens with zero attached hydrogens (tertiary/aromatic N) is 1. The van der Waals surface area contributed by atoms with E-state index in [2.05, 4.69) is 81.1 Å². The summed E-state index contributed by atoms with van der Waals surface area (Å²) in [6.45, 7) is 8.52. The number of benzene rings is 3. The van der Waals surface area contributed by atoms with Crippen LogP contribution < -0.4 is 10.6 Å². The van der Waals surface area contributed by atoms with Crippen LogP contribution in [0.2, 0.25) is 0 Å². The molecule has 2 atom stereocenters. The lowest BCUT2D eigenvalue weighted by atomic mass is 9.95. The van der Waals surface area contributed by atoms with E-state index in [0.717, 1.165) is 11.1 Å². The molecular formula is C25H27N3. The van der Waals surface area contributed by atoms with Gasteiger partial charge in [0.1, 0.15) is 0 Å². The van der Waals surface area contributed by atoms with Gasteiger partial charge in [0.25, 0.3) is 0 Å². The van der Waals surface area contributed by atoms with E-state index in [1.165, 1.54) is 27.9 Å². The fraction of sp³-hybridized carbons (Fsp3) is 0.240. The lowest BCUT2D eigenvalue weighted by Gasteiger charge is -2.13. The first kappa shape index (κ1) is 18.3. The molecule has 1 fully saturated rings. The second-order valence-corrected chi connectivity index (χ2v) is 7.91. The monoisotopic (exact) mass is 369 g/mol. The minimum absolute atomic E-state index is 0.0790. The van der Waals surface area contributed by atoms with Crippen molar-refractivity contribution in [2.75, 3.05) is 10.6 Å². The molecule has 0 bridgehead atoms. The summed E-state index contributed by atoms with van der Waals surface area (Å²) in [5.41, 5.74) is 15.7. The molecule has 0 aliphatic carbocycles. The van der Waals surface area contributed by atoms with Crippen molar-refractivity contribution in [1.82, 2.24) is 0 Å². The van der Waals surface area contributed by atoms with Crippen molar-refractivity contribution in [3.05, 3.63) is 82.9 Å². The molecule has 28 heavy (non-hydrogen) atoms. The molecule has 1 heterocycles. The highest BCUT2D eigenvalue weighted by Gasteiger charge is 2.48. The third-order valence-electron chi connectivity index (χ3n) is 5.83. The van der Waals surface area contributed by atoms with E-state index in [9.17, 15) is 0 Å². The van der Waals surface area contributed by atoms with Crippen LogP contribution in [0.4, 0.5) is 11.4 Å². The molecule has 3 aromatic rings. The molecule has 0 amide bonds. The van der Waals surface area contributed by atoms with Gasteiger partial charge in [-0.2, -0.15) is 0 Å². The lowest BCUT2D eigenvalue weighted by molar-refractivity contribution is 1.11. The van der Waals surface area contributed by atoms with Crippen LogP contribution in [-0.2, 0) is 0 Å². The highest BCUT2D eigenvalue weighted by molar-refractivity contribution is 6.11. The standard InChI is InChI=1S/C25H27N3/c1-15-9-11-20(17(3)13-15)19-10-12-21(22(26)14-19)24(27)25-18(4)28(25)23-8-6-5-7-16(23)2/h5-14,18,25,27H,26H2,1-4H3. The Balaban J connectivity index is 1.62. The average Bonchev–Trinajstić information content (AvgIpc) is 3.32. The summed E-state index contributed by atoms with van der Waals surface area (Å²) in [7, 11) is 0. The molecule has 0 saturated carbocycles. The van der Waals surface area contributed by atoms with Gasteiger partial charge in [-0.3, -0.25) is 0 Å². The maximum Gasteiger partial charge on any atom is 0.0917 e. The smallest absolute Gasteiger partial charge is 0.0917 e. The highest BCUT2D eigenvalue weighted by atomic mass is 15.4. The van der Waals surface area contributed by atoms with Crippen molar-refractivity contribution in [3.8, 4) is 11.1 Å². The number of nitrogen functional groups attached to an aromatic ring is 1. The van der Waals surface area contributed by atoms with Crippen molar-refractivity contribution in [2.24, 2.45) is 0 Å². The Morgan fingerprint density at radius 1 is 0.929 bits per heavy atom. The summed E-state index contributed by atoms with van der Waals surface area (Å²) in [6.07, 6.45) is 0. The van der Waals surface area contributed by atoms with Gasteiger partial charge in [0.2, 0.25) is 0 Å². The van der Waals surface area contributed by atoms with Gasteiger partial charge < -0.3 is 16.0 Å². The van der Waals surface area contributed by atoms with E-state index in [0.29, 0.717) is 17.4 Å². The number of aryl methyl sites for hydroxylation is 3. The molecule has 1 saturated heterocycles. The lowest BCUT2D eigenvalue weighted by Crippen LogP contribution is -2.15. The predicted octanol–water partition coefficient (Wildman–Crippen LogP) is 5.51. The third kappa shape index (κ3) is 3.07. The normalized spacial score (nSPS) is 18.2. The Morgan fingerprint density at radius 3 is 2.36 bits per heavy atom. The summed E-state index contributed by atoms with van der Waals surface area (Å²) >= 11 is 0. The van der Waals surface area contributed by atoms with E-state index in [4.69, 9.17) is 11.1 Å². The number of nitrogens with two attached hydrogens (primary N) is 1. The van der Waals surface area contributed by atoms with E-state index in [1.807, 2.05) is 12.1 Å². The van der Waals surface area contributed by atoms with Gasteiger partial charge in [0.15, 0.2) is 0 Å². The number of hydrogen-bond acceptors (Lipinski definition) is 3. The van der Waals surface area contributed by atoms with Gasteiger partial charge >= 0.3 is 0 Å². The van der Waals surface area contributed by atoms with Gasteiger partial charge in [-0.25, -0.2) is 0 Å². The molecule has 0 spiro atoms. The van der Waals surface area contributed by atoms with Gasteiger partial charge in [-0.1, -0.05) is 54.1 Å². The molecule has 1 aliphatic rings. The number of hydrogen-bond donors (Lipinski definition) is 2. The SMILES string of the molecule is Cc1ccc(-c2ccc(C(=N)C3C(C)N3c3ccccc3C)c(N)c2)c(C)c1. The van der Waals surface area contributed by atoms with Gasteiger partial charge in [-0.05, 0) is 62.1 Å². The summed E-state index contributed by atoms with van der Waals surface area (Å²) < 4.78 is 0. The quantitative estimate of drug-likeness (QED) is 0.362. The van der Waals surface area contributed by atoms with Crippen molar-refractivity contribution in [3.63, 3.8) is 0 Å². The molecule has 2 unspecified atom stereocenters. The Hall–Kier alpha value is -3.07. The zero-order chi connectivity index (χ0) is 20.0. The van der Waals surface area contributed by atoms with Crippen LogP contribution in [0, 0.1) is 26.2 Å². The first-order valence-corrected chi connectivity index (χ1v) is 9.78. The minimum atomic E-state index is 0.0790. The zero-order valence-corrected chi connectivity index (χ0v) is 17.0. The van der Waals surface area contributed by atoms with Crippen molar-refractivity contribution in [1.29, 1.82) is 5.41 Å². The second kappa shape index (κ2) is 6.83. The number of para-hydroxylation sites is 1. The van der Waals surface area contributed by atoms with Gasteiger partial charge in [-0.15, -0.1) is 0 Å². The maximum atomic E-state index is 8.79. The maximum absolute atomic E-state index is 8.79. The minimum Gasteiger partial charge on any atom is -0.398 e. The molecule has 0 aromatic heterocycles. The van der Waals surface area contributed by atoms with Crippen molar-refractivity contribution < 1.29 is 0 Å². The van der Waals surface area contributed by atoms with Crippen molar-refractivity contribution >= 4 is 17.1 Å². The number of rotatable bonds is 4. The molecular weight excluding hydrogens is 342 g/mol.